The van der Waals surface area contributed by atoms with Gasteiger partial charge in [0.2, 0.25) is 23.6 Å². The molecule has 2 aliphatic heterocycles. The maximum atomic E-state index is 14.6. The highest BCUT2D eigenvalue weighted by Crippen LogP contribution is 2.59. The summed E-state index contributed by atoms with van der Waals surface area (Å²) in [5.74, 6) is -3.03. The molecule has 5 amide bonds. The van der Waals surface area contributed by atoms with Gasteiger partial charge in [-0.3, -0.25) is 33.4 Å². The number of hydrogen-bond donors (Lipinski definition) is 7. The molecule has 8 N–H and O–H groups in total. The zero-order valence-corrected chi connectivity index (χ0v) is 32.8. The second-order valence-corrected chi connectivity index (χ2v) is 17.1. The smallest absolute Gasteiger partial charge is 0.370 e. The van der Waals surface area contributed by atoms with E-state index in [2.05, 4.69) is 25.8 Å². The summed E-state index contributed by atoms with van der Waals surface area (Å²) in [6.07, 6.45) is 2.94. The second-order valence-electron chi connectivity index (χ2n) is 15.4. The molecule has 3 fully saturated rings. The van der Waals surface area contributed by atoms with Crippen molar-refractivity contribution in [3.8, 4) is 0 Å². The highest BCUT2D eigenvalue weighted by Gasteiger charge is 2.51. The van der Waals surface area contributed by atoms with E-state index < -0.39 is 72.5 Å². The Kier molecular flexibility index (Phi) is 12.0. The van der Waals surface area contributed by atoms with Crippen molar-refractivity contribution in [3.63, 3.8) is 0 Å². The molecule has 4 atom stereocenters. The number of nitrogens with two attached hydrogens (primary N) is 1. The second kappa shape index (κ2) is 17.0. The largest absolute Gasteiger partial charge is 0.399 e. The normalized spacial score (nSPS) is 20.7. The van der Waals surface area contributed by atoms with Gasteiger partial charge in [-0.15, -0.1) is 0 Å². The first kappa shape index (κ1) is 41.7. The van der Waals surface area contributed by atoms with E-state index in [1.807, 2.05) is 60.7 Å². The number of halogens is 2. The predicted octanol–water partition coefficient (Wildman–Crippen LogP) is 3.38. The molecule has 0 radical (unpaired) electrons. The highest BCUT2D eigenvalue weighted by molar-refractivity contribution is 7.52. The number of carbonyl (C=O) groups is 5. The first-order valence-electron chi connectivity index (χ1n) is 19.5. The van der Waals surface area contributed by atoms with E-state index in [-0.39, 0.29) is 54.5 Å². The lowest BCUT2D eigenvalue weighted by atomic mass is 9.98. The molecule has 1 aromatic heterocycles. The number of aromatic nitrogens is 1. The van der Waals surface area contributed by atoms with Gasteiger partial charge in [0.15, 0.2) is 0 Å². The van der Waals surface area contributed by atoms with E-state index in [9.17, 15) is 47.1 Å². The third-order valence-corrected chi connectivity index (χ3v) is 12.3. The van der Waals surface area contributed by atoms with Gasteiger partial charge in [-0.2, -0.15) is 8.78 Å². The van der Waals surface area contributed by atoms with Crippen LogP contribution in [0.25, 0.3) is 10.9 Å². The van der Waals surface area contributed by atoms with Crippen LogP contribution < -0.4 is 21.7 Å². The van der Waals surface area contributed by atoms with Gasteiger partial charge >= 0.3 is 13.3 Å². The zero-order valence-electron chi connectivity index (χ0n) is 31.9. The van der Waals surface area contributed by atoms with E-state index in [0.29, 0.717) is 19.4 Å². The third kappa shape index (κ3) is 9.23. The van der Waals surface area contributed by atoms with Gasteiger partial charge < -0.3 is 41.4 Å². The van der Waals surface area contributed by atoms with Crippen LogP contribution >= 0.6 is 7.60 Å². The molecule has 18 heteroatoms. The molecule has 1 saturated carbocycles. The molecule has 1 aliphatic carbocycles. The summed E-state index contributed by atoms with van der Waals surface area (Å²) in [7, 11) is -5.84. The molecule has 312 valence electrons. The molecule has 2 saturated heterocycles. The number of H-pyrrole nitrogens is 1. The van der Waals surface area contributed by atoms with Gasteiger partial charge in [-0.1, -0.05) is 66.7 Å². The van der Waals surface area contributed by atoms with Gasteiger partial charge in [0.1, 0.15) is 23.8 Å². The number of amides is 5. The van der Waals surface area contributed by atoms with Crippen molar-refractivity contribution < 1.29 is 47.1 Å². The molecule has 3 aliphatic rings. The van der Waals surface area contributed by atoms with Crippen LogP contribution in [0.4, 0.5) is 8.78 Å². The third-order valence-electron chi connectivity index (χ3n) is 11.3. The average molecular weight is 834 g/mol. The van der Waals surface area contributed by atoms with Gasteiger partial charge in [0.05, 0.1) is 6.04 Å². The first-order chi connectivity index (χ1) is 28.1. The summed E-state index contributed by atoms with van der Waals surface area (Å²) in [6.45, 7) is 0.752. The number of nitrogens with zero attached hydrogens (tertiary/aromatic N) is 2. The van der Waals surface area contributed by atoms with E-state index in [1.165, 1.54) is 17.0 Å². The summed E-state index contributed by atoms with van der Waals surface area (Å²) < 4.78 is 40.4. The lowest BCUT2D eigenvalue weighted by Gasteiger charge is -2.39. The lowest BCUT2D eigenvalue weighted by molar-refractivity contribution is -0.144. The predicted molar refractivity (Wildman–Crippen MR) is 212 cm³/mol. The number of benzene rings is 3. The fourth-order valence-corrected chi connectivity index (χ4v) is 8.57. The SMILES string of the molecule is NC(=O)CC[C@H](NC(=O)[C@@H]1CC[C@@H]2CCN(C3CC3)CC(NC(=O)c3cc4cc(C(F)(F)P(=O)(O)O)ccc4[nH]3)C(=O)N21)C(=O)NC(c1ccccc1)c1ccccc1. The molecule has 15 nitrogen and oxygen atoms in total. The van der Waals surface area contributed by atoms with Crippen LogP contribution in [0.5, 0.6) is 0 Å². The number of primary amides is 1. The molecule has 0 spiro atoms. The molecule has 59 heavy (non-hydrogen) atoms. The Morgan fingerprint density at radius 2 is 1.53 bits per heavy atom. The van der Waals surface area contributed by atoms with Crippen molar-refractivity contribution in [2.45, 2.75) is 86.9 Å². The Labute approximate surface area is 338 Å². The average Bonchev–Trinajstić information content (AvgIpc) is 3.82. The number of hydrogen-bond acceptors (Lipinski definition) is 7. The number of fused-ring (bicyclic) bond motifs is 2. The number of carbonyl (C=O) groups excluding carboxylic acids is 5. The quantitative estimate of drug-likeness (QED) is 0.0924. The summed E-state index contributed by atoms with van der Waals surface area (Å²) in [5.41, 5.74) is 1.85. The van der Waals surface area contributed by atoms with Crippen LogP contribution in [0.1, 0.15) is 78.2 Å². The Morgan fingerprint density at radius 3 is 2.14 bits per heavy atom. The fourth-order valence-electron chi connectivity index (χ4n) is 8.10. The number of rotatable bonds is 14. The lowest BCUT2D eigenvalue weighted by Crippen LogP contribution is -2.61. The van der Waals surface area contributed by atoms with Crippen LogP contribution in [-0.2, 0) is 29.4 Å². The topological polar surface area (TPSA) is 227 Å². The Bertz CT molecular complexity index is 2230. The highest BCUT2D eigenvalue weighted by atomic mass is 31.2. The molecular formula is C41H46F2N7O8P. The summed E-state index contributed by atoms with van der Waals surface area (Å²) in [4.78, 5) is 93.3. The number of nitrogens with one attached hydrogen (secondary N) is 4. The Hall–Kier alpha value is -5.48. The van der Waals surface area contributed by atoms with Crippen molar-refractivity contribution >= 4 is 48.0 Å². The molecule has 4 aromatic rings. The molecule has 3 aromatic carbocycles. The maximum Gasteiger partial charge on any atom is 0.399 e. The molecule has 0 bridgehead atoms. The summed E-state index contributed by atoms with van der Waals surface area (Å²) in [5, 5.41) is 8.72. The van der Waals surface area contributed by atoms with Gasteiger partial charge in [-0.05, 0) is 67.9 Å². The number of alkyl halides is 2. The summed E-state index contributed by atoms with van der Waals surface area (Å²) >= 11 is 0. The standard InChI is InChI=1S/C41H46F2N7O8P/c42-41(43,59(56,57)58)27-11-15-30-26(21-27)22-32(45-30)38(53)47-33-23-49(28-12-13-28)20-19-29-14-17-34(50(29)40(33)55)39(54)46-31(16-18-35(44)51)37(52)48-36(24-7-3-1-4-8-24)25-9-5-2-6-10-25/h1-11,15,21-22,28-29,31,33-34,36,45H,12-14,16-20,23H2,(H2,44,51)(H,46,54)(H,47,53)(H,48,52)(H2,56,57,58)/t29-,31+,33?,34+/m1/s1. The molecule has 7 rings (SSSR count). The summed E-state index contributed by atoms with van der Waals surface area (Å²) in [6, 6.07) is 18.7. The van der Waals surface area contributed by atoms with Crippen LogP contribution in [0.15, 0.2) is 84.9 Å². The van der Waals surface area contributed by atoms with E-state index in [4.69, 9.17) is 5.73 Å². The maximum absolute atomic E-state index is 14.6. The minimum Gasteiger partial charge on any atom is -0.370 e. The molecule has 1 unspecified atom stereocenters. The van der Waals surface area contributed by atoms with Crippen molar-refractivity contribution in [1.82, 2.24) is 30.7 Å². The van der Waals surface area contributed by atoms with Crippen molar-refractivity contribution in [3.05, 3.63) is 107 Å². The van der Waals surface area contributed by atoms with Crippen LogP contribution in [0.2, 0.25) is 0 Å². The number of aromatic amines is 1. The minimum absolute atomic E-state index is 0.0793. The first-order valence-corrected chi connectivity index (χ1v) is 21.1. The van der Waals surface area contributed by atoms with E-state index >= 15 is 0 Å². The molecule has 3 heterocycles. The monoisotopic (exact) mass is 833 g/mol. The van der Waals surface area contributed by atoms with Gasteiger partial charge in [0.25, 0.3) is 5.91 Å². The van der Waals surface area contributed by atoms with E-state index in [0.717, 1.165) is 36.1 Å². The van der Waals surface area contributed by atoms with E-state index in [1.54, 1.807) is 0 Å². The van der Waals surface area contributed by atoms with Crippen LogP contribution in [-0.4, -0.2) is 97.4 Å². The van der Waals surface area contributed by atoms with Gasteiger partial charge in [0, 0.05) is 48.1 Å². The Morgan fingerprint density at radius 1 is 0.881 bits per heavy atom. The van der Waals surface area contributed by atoms with Crippen LogP contribution in [0, 0.1) is 0 Å². The Balaban J connectivity index is 1.11. The van der Waals surface area contributed by atoms with Gasteiger partial charge in [-0.25, -0.2) is 0 Å². The van der Waals surface area contributed by atoms with Crippen LogP contribution in [0.3, 0.4) is 0 Å². The van der Waals surface area contributed by atoms with Crippen molar-refractivity contribution in [1.29, 1.82) is 0 Å². The molecular weight excluding hydrogens is 787 g/mol. The van der Waals surface area contributed by atoms with Crippen molar-refractivity contribution in [2.24, 2.45) is 5.73 Å². The minimum atomic E-state index is -5.84. The van der Waals surface area contributed by atoms with Crippen molar-refractivity contribution in [2.75, 3.05) is 13.1 Å². The zero-order chi connectivity index (χ0) is 42.1. The fraction of sp³-hybridized carbons (Fsp3) is 0.390.